The maximum Gasteiger partial charge on any atom is 0.416 e. The van der Waals surface area contributed by atoms with Gasteiger partial charge in [0, 0.05) is 23.5 Å². The second kappa shape index (κ2) is 9.48. The molecule has 0 radical (unpaired) electrons. The number of benzene rings is 2. The van der Waals surface area contributed by atoms with Crippen LogP contribution in [0.5, 0.6) is 11.6 Å². The number of aromatic nitrogens is 1. The Hall–Kier alpha value is -3.92. The van der Waals surface area contributed by atoms with Gasteiger partial charge in [0.15, 0.2) is 0 Å². The van der Waals surface area contributed by atoms with Crippen LogP contribution in [0.15, 0.2) is 66.9 Å². The Morgan fingerprint density at radius 2 is 1.84 bits per heavy atom. The summed E-state index contributed by atoms with van der Waals surface area (Å²) in [4.78, 5) is 27.3. The fraction of sp³-hybridized carbons (Fsp3) is 0.136. The zero-order chi connectivity index (χ0) is 23.3. The molecular formula is C22H18F3N3O4. The number of carboxylic acids is 1. The molecule has 1 amide bonds. The van der Waals surface area contributed by atoms with Crippen molar-refractivity contribution >= 4 is 17.6 Å². The molecule has 10 heteroatoms. The molecule has 0 unspecified atom stereocenters. The third-order valence-electron chi connectivity index (χ3n) is 4.34. The lowest BCUT2D eigenvalue weighted by molar-refractivity contribution is -0.139. The van der Waals surface area contributed by atoms with Crippen LogP contribution in [-0.4, -0.2) is 28.0 Å². The molecule has 4 N–H and O–H groups in total. The van der Waals surface area contributed by atoms with Crippen molar-refractivity contribution in [3.8, 4) is 11.6 Å². The highest BCUT2D eigenvalue weighted by atomic mass is 19.4. The minimum atomic E-state index is -4.54. The van der Waals surface area contributed by atoms with E-state index >= 15 is 0 Å². The monoisotopic (exact) mass is 445 g/mol. The van der Waals surface area contributed by atoms with E-state index in [1.54, 1.807) is 24.3 Å². The molecule has 0 fully saturated rings. The summed E-state index contributed by atoms with van der Waals surface area (Å²) in [7, 11) is 0. The Bertz CT molecular complexity index is 1140. The van der Waals surface area contributed by atoms with Crippen LogP contribution in [0.1, 0.15) is 21.5 Å². The van der Waals surface area contributed by atoms with Crippen molar-refractivity contribution in [1.29, 1.82) is 0 Å². The first-order valence-corrected chi connectivity index (χ1v) is 9.31. The number of carbonyl (C=O) groups excluding carboxylic acids is 1. The molecule has 1 aromatic heterocycles. The van der Waals surface area contributed by atoms with Crippen LogP contribution in [0.25, 0.3) is 0 Å². The van der Waals surface area contributed by atoms with Gasteiger partial charge in [-0.15, -0.1) is 0 Å². The lowest BCUT2D eigenvalue weighted by Gasteiger charge is -2.11. The fourth-order valence-electron chi connectivity index (χ4n) is 2.78. The van der Waals surface area contributed by atoms with Crippen LogP contribution in [0, 0.1) is 0 Å². The summed E-state index contributed by atoms with van der Waals surface area (Å²) in [6, 6.07) is 13.0. The van der Waals surface area contributed by atoms with Gasteiger partial charge in [0.05, 0.1) is 5.56 Å². The number of anilines is 1. The number of amides is 1. The molecule has 0 aliphatic rings. The number of carboxylic acid groups (broad SMARTS) is 1. The van der Waals surface area contributed by atoms with Gasteiger partial charge in [-0.2, -0.15) is 13.2 Å². The highest BCUT2D eigenvalue weighted by Gasteiger charge is 2.31. The van der Waals surface area contributed by atoms with Crippen molar-refractivity contribution in [2.75, 3.05) is 5.32 Å². The van der Waals surface area contributed by atoms with E-state index in [-0.39, 0.29) is 23.6 Å². The molecule has 0 aliphatic carbocycles. The van der Waals surface area contributed by atoms with E-state index in [1.165, 1.54) is 24.3 Å². The van der Waals surface area contributed by atoms with Crippen molar-refractivity contribution < 1.29 is 32.6 Å². The normalized spacial score (nSPS) is 12.1. The van der Waals surface area contributed by atoms with Crippen LogP contribution >= 0.6 is 0 Å². The first kappa shape index (κ1) is 22.8. The van der Waals surface area contributed by atoms with Crippen molar-refractivity contribution in [2.45, 2.75) is 18.6 Å². The van der Waals surface area contributed by atoms with E-state index in [0.29, 0.717) is 11.3 Å². The Labute approximate surface area is 180 Å². The number of aliphatic carboxylic acids is 1. The van der Waals surface area contributed by atoms with Gasteiger partial charge >= 0.3 is 12.1 Å². The number of nitrogens with two attached hydrogens (primary N) is 1. The molecule has 2 aromatic carbocycles. The summed E-state index contributed by atoms with van der Waals surface area (Å²) in [6.07, 6.45) is -3.46. The van der Waals surface area contributed by atoms with Gasteiger partial charge in [-0.05, 0) is 48.4 Å². The van der Waals surface area contributed by atoms with Crippen molar-refractivity contribution in [2.24, 2.45) is 5.73 Å². The van der Waals surface area contributed by atoms with E-state index in [0.717, 1.165) is 18.3 Å². The SMILES string of the molecule is N[C@@H](Cc1cccc(NC(=O)c2cccc(Oc3cc(C(F)(F)F)ccn3)c2)c1)C(=O)O. The van der Waals surface area contributed by atoms with E-state index in [1.807, 2.05) is 0 Å². The van der Waals surface area contributed by atoms with Crippen LogP contribution in [0.2, 0.25) is 0 Å². The number of rotatable bonds is 7. The van der Waals surface area contributed by atoms with Crippen LogP contribution in [0.4, 0.5) is 18.9 Å². The van der Waals surface area contributed by atoms with Crippen LogP contribution in [-0.2, 0) is 17.4 Å². The minimum Gasteiger partial charge on any atom is -0.480 e. The quantitative estimate of drug-likeness (QED) is 0.505. The fourth-order valence-corrected chi connectivity index (χ4v) is 2.78. The number of hydrogen-bond acceptors (Lipinski definition) is 5. The highest BCUT2D eigenvalue weighted by Crippen LogP contribution is 2.31. The Morgan fingerprint density at radius 3 is 2.56 bits per heavy atom. The summed E-state index contributed by atoms with van der Waals surface area (Å²) in [6.45, 7) is 0. The van der Waals surface area contributed by atoms with E-state index in [4.69, 9.17) is 15.6 Å². The number of carbonyl (C=O) groups is 2. The van der Waals surface area contributed by atoms with Gasteiger partial charge in [-0.3, -0.25) is 9.59 Å². The molecule has 0 bridgehead atoms. The smallest absolute Gasteiger partial charge is 0.416 e. The third-order valence-corrected chi connectivity index (χ3v) is 4.34. The van der Waals surface area contributed by atoms with Gasteiger partial charge in [0.1, 0.15) is 11.8 Å². The largest absolute Gasteiger partial charge is 0.480 e. The second-order valence-electron chi connectivity index (χ2n) is 6.81. The molecular weight excluding hydrogens is 427 g/mol. The Kier molecular flexibility index (Phi) is 6.74. The molecule has 3 aromatic rings. The first-order valence-electron chi connectivity index (χ1n) is 9.31. The van der Waals surface area contributed by atoms with E-state index in [9.17, 15) is 22.8 Å². The Morgan fingerprint density at radius 1 is 1.09 bits per heavy atom. The van der Waals surface area contributed by atoms with Gasteiger partial charge in [-0.1, -0.05) is 18.2 Å². The van der Waals surface area contributed by atoms with Crippen molar-refractivity contribution in [1.82, 2.24) is 4.98 Å². The topological polar surface area (TPSA) is 115 Å². The highest BCUT2D eigenvalue weighted by molar-refractivity contribution is 6.04. The predicted molar refractivity (Wildman–Crippen MR) is 109 cm³/mol. The van der Waals surface area contributed by atoms with Gasteiger partial charge in [-0.25, -0.2) is 4.98 Å². The summed E-state index contributed by atoms with van der Waals surface area (Å²) >= 11 is 0. The average molecular weight is 445 g/mol. The number of nitrogens with one attached hydrogen (secondary N) is 1. The zero-order valence-corrected chi connectivity index (χ0v) is 16.5. The van der Waals surface area contributed by atoms with Crippen molar-refractivity contribution in [3.63, 3.8) is 0 Å². The number of nitrogens with zero attached hydrogens (tertiary/aromatic N) is 1. The van der Waals surface area contributed by atoms with Crippen LogP contribution in [0.3, 0.4) is 0 Å². The summed E-state index contributed by atoms with van der Waals surface area (Å²) in [5.41, 5.74) is 5.89. The number of ether oxygens (including phenoxy) is 1. The number of halogens is 3. The molecule has 32 heavy (non-hydrogen) atoms. The number of pyridine rings is 1. The first-order chi connectivity index (χ1) is 15.1. The minimum absolute atomic E-state index is 0.0896. The molecule has 166 valence electrons. The molecule has 0 aliphatic heterocycles. The maximum atomic E-state index is 12.8. The van der Waals surface area contributed by atoms with E-state index < -0.39 is 29.7 Å². The summed E-state index contributed by atoms with van der Waals surface area (Å²) in [5.74, 6) is -1.76. The van der Waals surface area contributed by atoms with E-state index in [2.05, 4.69) is 10.3 Å². The third kappa shape index (κ3) is 6.05. The molecule has 3 rings (SSSR count). The predicted octanol–water partition coefficient (Wildman–Crippen LogP) is 4.10. The second-order valence-corrected chi connectivity index (χ2v) is 6.81. The Balaban J connectivity index is 1.72. The van der Waals surface area contributed by atoms with Crippen LogP contribution < -0.4 is 15.8 Å². The average Bonchev–Trinajstić information content (AvgIpc) is 2.73. The lowest BCUT2D eigenvalue weighted by Crippen LogP contribution is -2.32. The number of alkyl halides is 3. The van der Waals surface area contributed by atoms with Crippen molar-refractivity contribution in [3.05, 3.63) is 83.6 Å². The lowest BCUT2D eigenvalue weighted by atomic mass is 10.1. The summed E-state index contributed by atoms with van der Waals surface area (Å²) in [5, 5.41) is 11.6. The standard InChI is InChI=1S/C22H18F3N3O4/c23-22(24,25)15-7-8-27-19(12-15)32-17-6-2-4-14(11-17)20(29)28-16-5-1-3-13(9-16)10-18(26)21(30)31/h1-9,11-12,18H,10,26H2,(H,28,29)(H,30,31)/t18-/m0/s1. The molecule has 1 atom stereocenters. The molecule has 0 spiro atoms. The zero-order valence-electron chi connectivity index (χ0n) is 16.5. The number of hydrogen-bond donors (Lipinski definition) is 3. The molecule has 7 nitrogen and oxygen atoms in total. The molecule has 1 heterocycles. The maximum absolute atomic E-state index is 12.8. The van der Waals surface area contributed by atoms with Gasteiger partial charge < -0.3 is 20.9 Å². The van der Waals surface area contributed by atoms with Gasteiger partial charge in [0.25, 0.3) is 5.91 Å². The van der Waals surface area contributed by atoms with Gasteiger partial charge in [0.2, 0.25) is 5.88 Å². The molecule has 0 saturated heterocycles. The summed E-state index contributed by atoms with van der Waals surface area (Å²) < 4.78 is 43.9. The molecule has 0 saturated carbocycles.